The molecular weight excluding hydrogens is 407 g/mol. The summed E-state index contributed by atoms with van der Waals surface area (Å²) >= 11 is 0. The van der Waals surface area contributed by atoms with E-state index in [0.29, 0.717) is 34.7 Å². The highest BCUT2D eigenvalue weighted by Gasteiger charge is 2.39. The number of halogens is 1. The maximum absolute atomic E-state index is 13.2. The monoisotopic (exact) mass is 424 g/mol. The first-order chi connectivity index (χ1) is 14.3. The van der Waals surface area contributed by atoms with Crippen LogP contribution in [0.25, 0.3) is 16.8 Å². The summed E-state index contributed by atoms with van der Waals surface area (Å²) in [6.45, 7) is 5.54. The molecule has 0 atom stereocenters. The SMILES string of the molecule is C=C1c2ncc(-c3ccnc(NC(=O)CC)c3)cc2N1S(=O)(=O)c1ccc(F)cc1. The summed E-state index contributed by atoms with van der Waals surface area (Å²) in [5.41, 5.74) is 2.44. The summed E-state index contributed by atoms with van der Waals surface area (Å²) in [7, 11) is -3.95. The fraction of sp³-hybridized carbons (Fsp3) is 0.0952. The van der Waals surface area contributed by atoms with Gasteiger partial charge in [0.25, 0.3) is 10.0 Å². The van der Waals surface area contributed by atoms with Gasteiger partial charge in [-0.15, -0.1) is 0 Å². The molecule has 1 aliphatic rings. The minimum absolute atomic E-state index is 0.0467. The van der Waals surface area contributed by atoms with Crippen LogP contribution in [0.15, 0.2) is 66.3 Å². The van der Waals surface area contributed by atoms with Crippen LogP contribution in [0.5, 0.6) is 0 Å². The minimum atomic E-state index is -3.95. The van der Waals surface area contributed by atoms with Gasteiger partial charge in [-0.25, -0.2) is 22.1 Å². The van der Waals surface area contributed by atoms with Crippen LogP contribution in [-0.2, 0) is 14.8 Å². The summed E-state index contributed by atoms with van der Waals surface area (Å²) in [5, 5.41) is 2.69. The number of hydrogen-bond acceptors (Lipinski definition) is 5. The summed E-state index contributed by atoms with van der Waals surface area (Å²) < 4.78 is 40.3. The fourth-order valence-corrected chi connectivity index (χ4v) is 4.54. The second kappa shape index (κ2) is 7.34. The lowest BCUT2D eigenvalue weighted by molar-refractivity contribution is -0.115. The lowest BCUT2D eigenvalue weighted by atomic mass is 10.0. The number of anilines is 2. The molecular formula is C21H17FN4O3S. The molecule has 1 amide bonds. The van der Waals surface area contributed by atoms with Crippen LogP contribution in [-0.4, -0.2) is 24.3 Å². The third kappa shape index (κ3) is 3.33. The quantitative estimate of drug-likeness (QED) is 0.672. The van der Waals surface area contributed by atoms with E-state index in [9.17, 15) is 17.6 Å². The van der Waals surface area contributed by atoms with Gasteiger partial charge in [-0.05, 0) is 48.0 Å². The van der Waals surface area contributed by atoms with Crippen LogP contribution < -0.4 is 9.62 Å². The van der Waals surface area contributed by atoms with Gasteiger partial charge < -0.3 is 5.32 Å². The van der Waals surface area contributed by atoms with Gasteiger partial charge in [0.1, 0.15) is 17.3 Å². The number of nitrogens with zero attached hydrogens (tertiary/aromatic N) is 3. The largest absolute Gasteiger partial charge is 0.311 e. The van der Waals surface area contributed by atoms with E-state index in [4.69, 9.17) is 0 Å². The molecule has 3 aromatic rings. The maximum atomic E-state index is 13.2. The highest BCUT2D eigenvalue weighted by Crippen LogP contribution is 2.45. The average molecular weight is 424 g/mol. The summed E-state index contributed by atoms with van der Waals surface area (Å²) in [6.07, 6.45) is 3.48. The molecule has 7 nitrogen and oxygen atoms in total. The maximum Gasteiger partial charge on any atom is 0.268 e. The normalized spacial score (nSPS) is 12.9. The Hall–Kier alpha value is -3.59. The predicted molar refractivity (Wildman–Crippen MR) is 111 cm³/mol. The molecule has 0 fully saturated rings. The van der Waals surface area contributed by atoms with Gasteiger partial charge in [0.15, 0.2) is 0 Å². The average Bonchev–Trinajstić information content (AvgIpc) is 2.73. The van der Waals surface area contributed by atoms with E-state index in [0.717, 1.165) is 16.4 Å². The van der Waals surface area contributed by atoms with Gasteiger partial charge in [0.05, 0.1) is 16.3 Å². The van der Waals surface area contributed by atoms with Gasteiger partial charge >= 0.3 is 0 Å². The number of amides is 1. The van der Waals surface area contributed by atoms with Crippen molar-refractivity contribution in [3.05, 3.63) is 72.9 Å². The predicted octanol–water partition coefficient (Wildman–Crippen LogP) is 3.81. The Morgan fingerprint density at radius 1 is 1.13 bits per heavy atom. The summed E-state index contributed by atoms with van der Waals surface area (Å²) in [4.78, 5) is 20.0. The molecule has 152 valence electrons. The molecule has 0 bridgehead atoms. The molecule has 30 heavy (non-hydrogen) atoms. The third-order valence-electron chi connectivity index (χ3n) is 4.64. The topological polar surface area (TPSA) is 92.3 Å². The van der Waals surface area contributed by atoms with E-state index in [1.165, 1.54) is 12.1 Å². The Bertz CT molecular complexity index is 1270. The van der Waals surface area contributed by atoms with E-state index in [2.05, 4.69) is 21.9 Å². The lowest BCUT2D eigenvalue weighted by Crippen LogP contribution is -2.37. The van der Waals surface area contributed by atoms with Crippen LogP contribution >= 0.6 is 0 Å². The molecule has 3 heterocycles. The third-order valence-corrected chi connectivity index (χ3v) is 6.40. The number of hydrogen-bond donors (Lipinski definition) is 1. The Kier molecular flexibility index (Phi) is 4.83. The van der Waals surface area contributed by atoms with E-state index in [1.54, 1.807) is 37.5 Å². The molecule has 0 saturated heterocycles. The molecule has 1 aromatic carbocycles. The zero-order valence-corrected chi connectivity index (χ0v) is 16.8. The standard InChI is InChI=1S/C21H17FN4O3S/c1-3-20(27)25-19-11-14(8-9-23-19)15-10-18-21(24-12-15)13(2)26(18)30(28,29)17-6-4-16(22)5-7-17/h4-12H,2-3H2,1H3,(H,23,25,27). The van der Waals surface area contributed by atoms with E-state index in [1.807, 2.05) is 0 Å². The van der Waals surface area contributed by atoms with Crippen LogP contribution in [0.2, 0.25) is 0 Å². The molecule has 0 aliphatic carbocycles. The Balaban J connectivity index is 1.70. The minimum Gasteiger partial charge on any atom is -0.311 e. The fourth-order valence-electron chi connectivity index (χ4n) is 3.07. The molecule has 4 rings (SSSR count). The van der Waals surface area contributed by atoms with Gasteiger partial charge in [0, 0.05) is 24.4 Å². The van der Waals surface area contributed by atoms with Crippen molar-refractivity contribution in [3.63, 3.8) is 0 Å². The van der Waals surface area contributed by atoms with Gasteiger partial charge in [0.2, 0.25) is 5.91 Å². The van der Waals surface area contributed by atoms with Crippen molar-refractivity contribution in [2.24, 2.45) is 0 Å². The number of rotatable bonds is 5. The van der Waals surface area contributed by atoms with E-state index < -0.39 is 15.8 Å². The van der Waals surface area contributed by atoms with Crippen molar-refractivity contribution in [3.8, 4) is 11.1 Å². The first-order valence-electron chi connectivity index (χ1n) is 9.07. The second-order valence-electron chi connectivity index (χ2n) is 6.59. The van der Waals surface area contributed by atoms with E-state index >= 15 is 0 Å². The first-order valence-corrected chi connectivity index (χ1v) is 10.5. The van der Waals surface area contributed by atoms with Crippen molar-refractivity contribution >= 4 is 33.1 Å². The smallest absolute Gasteiger partial charge is 0.268 e. The molecule has 1 N–H and O–H groups in total. The van der Waals surface area contributed by atoms with Crippen LogP contribution in [0, 0.1) is 5.82 Å². The Morgan fingerprint density at radius 2 is 1.87 bits per heavy atom. The second-order valence-corrected chi connectivity index (χ2v) is 8.38. The highest BCUT2D eigenvalue weighted by atomic mass is 32.2. The molecule has 9 heteroatoms. The van der Waals surface area contributed by atoms with Gasteiger partial charge in [-0.3, -0.25) is 9.78 Å². The van der Waals surface area contributed by atoms with E-state index in [-0.39, 0.29) is 16.5 Å². The zero-order chi connectivity index (χ0) is 21.5. The van der Waals surface area contributed by atoms with Crippen molar-refractivity contribution in [2.75, 3.05) is 9.62 Å². The number of aromatic nitrogens is 2. The van der Waals surface area contributed by atoms with Crippen molar-refractivity contribution in [1.29, 1.82) is 0 Å². The lowest BCUT2D eigenvalue weighted by Gasteiger charge is -2.36. The number of carbonyl (C=O) groups is 1. The number of benzene rings is 1. The molecule has 0 unspecified atom stereocenters. The summed E-state index contributed by atoms with van der Waals surface area (Å²) in [5.74, 6) is -0.297. The Morgan fingerprint density at radius 3 is 2.57 bits per heavy atom. The van der Waals surface area contributed by atoms with Crippen LogP contribution in [0.4, 0.5) is 15.9 Å². The Labute approximate surface area is 173 Å². The van der Waals surface area contributed by atoms with Crippen molar-refractivity contribution in [2.45, 2.75) is 18.2 Å². The van der Waals surface area contributed by atoms with Gasteiger partial charge in [-0.1, -0.05) is 13.5 Å². The number of carbonyl (C=O) groups excluding carboxylic acids is 1. The molecule has 0 saturated carbocycles. The molecule has 0 spiro atoms. The van der Waals surface area contributed by atoms with Crippen LogP contribution in [0.3, 0.4) is 0 Å². The highest BCUT2D eigenvalue weighted by molar-refractivity contribution is 7.93. The first kappa shape index (κ1) is 19.7. The van der Waals surface area contributed by atoms with Crippen molar-refractivity contribution < 1.29 is 17.6 Å². The number of nitrogens with one attached hydrogen (secondary N) is 1. The summed E-state index contributed by atoms with van der Waals surface area (Å²) in [6, 6.07) is 9.69. The van der Waals surface area contributed by atoms with Crippen molar-refractivity contribution in [1.82, 2.24) is 9.97 Å². The van der Waals surface area contributed by atoms with Crippen LogP contribution in [0.1, 0.15) is 19.0 Å². The number of sulfonamides is 1. The number of fused-ring (bicyclic) bond motifs is 1. The van der Waals surface area contributed by atoms with Gasteiger partial charge in [-0.2, -0.15) is 0 Å². The molecule has 2 aromatic heterocycles. The molecule has 0 radical (unpaired) electrons. The molecule has 1 aliphatic heterocycles. The zero-order valence-electron chi connectivity index (χ0n) is 16.0. The number of pyridine rings is 2.